The number of rotatable bonds is 6. The summed E-state index contributed by atoms with van der Waals surface area (Å²) >= 11 is 0. The summed E-state index contributed by atoms with van der Waals surface area (Å²) in [6.07, 6.45) is 3.47. The van der Waals surface area contributed by atoms with Gasteiger partial charge in [-0.15, -0.1) is 6.42 Å². The van der Waals surface area contributed by atoms with Crippen molar-refractivity contribution in [1.29, 1.82) is 0 Å². The monoisotopic (exact) mass is 498 g/mol. The molecule has 0 spiro atoms. The number of aromatic amines is 1. The molecule has 1 unspecified atom stereocenters. The van der Waals surface area contributed by atoms with Gasteiger partial charge in [-0.2, -0.15) is 0 Å². The first kappa shape index (κ1) is 27.7. The maximum atomic E-state index is 16.6. The number of H-pyrrole nitrogens is 1. The van der Waals surface area contributed by atoms with Crippen LogP contribution < -0.4 is 11.2 Å². The van der Waals surface area contributed by atoms with Crippen LogP contribution in [0.5, 0.6) is 0 Å². The van der Waals surface area contributed by atoms with Gasteiger partial charge in [0.2, 0.25) is 5.67 Å². The summed E-state index contributed by atoms with van der Waals surface area (Å²) < 4.78 is 36.5. The lowest BCUT2D eigenvalue weighted by Gasteiger charge is -2.42. The smallest absolute Gasteiger partial charge is 0.330 e. The van der Waals surface area contributed by atoms with E-state index >= 15 is 4.39 Å². The van der Waals surface area contributed by atoms with Crippen molar-refractivity contribution in [3.63, 3.8) is 0 Å². The molecule has 0 saturated carbocycles. The average Bonchev–Trinajstić information content (AvgIpc) is 2.91. The largest absolute Gasteiger partial charge is 0.414 e. The van der Waals surface area contributed by atoms with E-state index in [1.165, 1.54) is 6.20 Å². The van der Waals surface area contributed by atoms with E-state index in [-0.39, 0.29) is 16.7 Å². The molecule has 33 heavy (non-hydrogen) atoms. The Bertz CT molecular complexity index is 1020. The lowest BCUT2D eigenvalue weighted by Crippen LogP contribution is -2.54. The first-order chi connectivity index (χ1) is 14.8. The molecule has 1 aliphatic heterocycles. The fourth-order valence-electron chi connectivity index (χ4n) is 3.07. The van der Waals surface area contributed by atoms with E-state index in [0.29, 0.717) is 0 Å². The van der Waals surface area contributed by atoms with Gasteiger partial charge in [0.25, 0.3) is 5.56 Å². The molecule has 0 radical (unpaired) electrons. The van der Waals surface area contributed by atoms with E-state index in [1.54, 1.807) is 0 Å². The Balaban J connectivity index is 2.54. The van der Waals surface area contributed by atoms with Crippen molar-refractivity contribution >= 4 is 16.6 Å². The predicted molar refractivity (Wildman–Crippen MR) is 133 cm³/mol. The number of nitrogens with zero attached hydrogens (tertiary/aromatic N) is 1. The maximum Gasteiger partial charge on any atom is 0.330 e. The zero-order chi connectivity index (χ0) is 25.6. The van der Waals surface area contributed by atoms with Crippen LogP contribution in [0.15, 0.2) is 21.9 Å². The van der Waals surface area contributed by atoms with Crippen LogP contribution in [-0.2, 0) is 13.6 Å². The van der Waals surface area contributed by atoms with Crippen molar-refractivity contribution in [2.24, 2.45) is 0 Å². The lowest BCUT2D eigenvalue weighted by molar-refractivity contribution is -0.0519. The summed E-state index contributed by atoms with van der Waals surface area (Å²) in [6.45, 7) is 20.8. The van der Waals surface area contributed by atoms with Crippen molar-refractivity contribution in [1.82, 2.24) is 9.55 Å². The Morgan fingerprint density at radius 2 is 1.70 bits per heavy atom. The van der Waals surface area contributed by atoms with Gasteiger partial charge in [-0.3, -0.25) is 14.3 Å². The van der Waals surface area contributed by atoms with Gasteiger partial charge in [0.1, 0.15) is 12.2 Å². The van der Waals surface area contributed by atoms with Gasteiger partial charge in [-0.1, -0.05) is 47.5 Å². The third-order valence-corrected chi connectivity index (χ3v) is 16.3. The van der Waals surface area contributed by atoms with Crippen molar-refractivity contribution < 1.29 is 18.0 Å². The highest BCUT2D eigenvalue weighted by Gasteiger charge is 2.61. The van der Waals surface area contributed by atoms with Crippen LogP contribution in [0.1, 0.15) is 47.8 Å². The fraction of sp³-hybridized carbons (Fsp3) is 0.739. The number of hydrogen-bond donors (Lipinski definition) is 1. The molecule has 1 aromatic heterocycles. The molecule has 10 heteroatoms. The SMILES string of the molecule is C#C[C@@]1(F)C(O[Si](C)(C)C(C)(C)C)[C@@H](CO[Si](C)(C)C(C)(C)C)O[C@H]1n1ccc(=O)[nH]c1=O. The molecule has 186 valence electrons. The van der Waals surface area contributed by atoms with E-state index in [1.807, 2.05) is 13.1 Å². The molecule has 2 rings (SSSR count). The van der Waals surface area contributed by atoms with Crippen LogP contribution in [0.2, 0.25) is 36.3 Å². The second kappa shape index (κ2) is 8.93. The van der Waals surface area contributed by atoms with Gasteiger partial charge in [-0.25, -0.2) is 9.18 Å². The van der Waals surface area contributed by atoms with Crippen molar-refractivity contribution in [3.05, 3.63) is 33.1 Å². The van der Waals surface area contributed by atoms with Gasteiger partial charge in [-0.05, 0) is 36.3 Å². The number of alkyl halides is 1. The molecule has 0 amide bonds. The molecule has 7 nitrogen and oxygen atoms in total. The molecule has 2 heterocycles. The molecular formula is C23H39FN2O5Si2. The minimum absolute atomic E-state index is 0.0600. The summed E-state index contributed by atoms with van der Waals surface area (Å²) in [7, 11) is -4.67. The number of terminal acetylenes is 1. The summed E-state index contributed by atoms with van der Waals surface area (Å²) in [5, 5.41) is -0.268. The Morgan fingerprint density at radius 3 is 2.15 bits per heavy atom. The Kier molecular flexibility index (Phi) is 7.50. The number of aromatic nitrogens is 2. The van der Waals surface area contributed by atoms with Crippen molar-refractivity contribution in [3.8, 4) is 12.3 Å². The van der Waals surface area contributed by atoms with E-state index in [0.717, 1.165) is 10.6 Å². The Morgan fingerprint density at radius 1 is 1.15 bits per heavy atom. The van der Waals surface area contributed by atoms with Gasteiger partial charge in [0.05, 0.1) is 6.61 Å². The van der Waals surface area contributed by atoms with E-state index in [2.05, 4.69) is 65.5 Å². The number of halogens is 1. The molecule has 1 aliphatic rings. The first-order valence-electron chi connectivity index (χ1n) is 11.2. The van der Waals surface area contributed by atoms with E-state index in [9.17, 15) is 9.59 Å². The molecule has 0 bridgehead atoms. The van der Waals surface area contributed by atoms with Crippen LogP contribution in [0.3, 0.4) is 0 Å². The summed E-state index contributed by atoms with van der Waals surface area (Å²) in [4.78, 5) is 26.2. The summed E-state index contributed by atoms with van der Waals surface area (Å²) in [6, 6.07) is 1.13. The quantitative estimate of drug-likeness (QED) is 0.470. The highest BCUT2D eigenvalue weighted by Crippen LogP contribution is 2.47. The predicted octanol–water partition coefficient (Wildman–Crippen LogP) is 4.19. The van der Waals surface area contributed by atoms with Gasteiger partial charge >= 0.3 is 5.69 Å². The molecule has 1 fully saturated rings. The van der Waals surface area contributed by atoms with Crippen LogP contribution >= 0.6 is 0 Å². The number of nitrogens with one attached hydrogen (secondary N) is 1. The second-order valence-corrected chi connectivity index (χ2v) is 21.4. The van der Waals surface area contributed by atoms with E-state index < -0.39 is 52.0 Å². The van der Waals surface area contributed by atoms with Gasteiger partial charge in [0, 0.05) is 12.3 Å². The van der Waals surface area contributed by atoms with Crippen LogP contribution in [0, 0.1) is 12.3 Å². The maximum absolute atomic E-state index is 16.6. The number of ether oxygens (including phenoxy) is 1. The standard InChI is InChI=1S/C23H39FN2O5Si2/c1-12-23(24)18(31-33(10,11)22(5,6)7)16(15-29-32(8,9)21(2,3)4)30-19(23)26-14-13-17(27)25-20(26)28/h1,13-14,16,18-19H,15H2,2-11H3,(H,25,27,28)/t16-,18?,19-,23-/m1/s1. The molecule has 0 aromatic carbocycles. The molecule has 1 N–H and O–H groups in total. The molecule has 1 saturated heterocycles. The van der Waals surface area contributed by atoms with Gasteiger partial charge in [0.15, 0.2) is 22.9 Å². The Hall–Kier alpha value is -1.52. The second-order valence-electron chi connectivity index (χ2n) is 11.8. The van der Waals surface area contributed by atoms with Crippen LogP contribution in [0.4, 0.5) is 4.39 Å². The first-order valence-corrected chi connectivity index (χ1v) is 17.0. The van der Waals surface area contributed by atoms with Crippen LogP contribution in [-0.4, -0.2) is 50.7 Å². The van der Waals surface area contributed by atoms with E-state index in [4.69, 9.17) is 20.0 Å². The summed E-state index contributed by atoms with van der Waals surface area (Å²) in [5.41, 5.74) is -3.84. The Labute approximate surface area is 198 Å². The van der Waals surface area contributed by atoms with Crippen molar-refractivity contribution in [2.45, 2.75) is 102 Å². The zero-order valence-electron chi connectivity index (χ0n) is 21.5. The minimum Gasteiger partial charge on any atom is -0.414 e. The summed E-state index contributed by atoms with van der Waals surface area (Å²) in [5.74, 6) is 2.22. The average molecular weight is 499 g/mol. The molecular weight excluding hydrogens is 459 g/mol. The fourth-order valence-corrected chi connectivity index (χ4v) is 5.40. The third kappa shape index (κ3) is 5.43. The minimum atomic E-state index is -2.49. The van der Waals surface area contributed by atoms with Crippen molar-refractivity contribution in [2.75, 3.05) is 6.61 Å². The normalized spacial score (nSPS) is 26.9. The zero-order valence-corrected chi connectivity index (χ0v) is 23.5. The molecule has 0 aliphatic carbocycles. The lowest BCUT2D eigenvalue weighted by atomic mass is 9.97. The third-order valence-electron chi connectivity index (χ3n) is 7.38. The molecule has 1 aromatic rings. The number of hydrogen-bond acceptors (Lipinski definition) is 5. The molecule has 4 atom stereocenters. The highest BCUT2D eigenvalue weighted by molar-refractivity contribution is 6.74. The van der Waals surface area contributed by atoms with Gasteiger partial charge < -0.3 is 13.6 Å². The highest BCUT2D eigenvalue weighted by atomic mass is 28.4. The van der Waals surface area contributed by atoms with Crippen LogP contribution in [0.25, 0.3) is 0 Å². The topological polar surface area (TPSA) is 82.6 Å².